The predicted molar refractivity (Wildman–Crippen MR) is 116 cm³/mol. The molecule has 4 heterocycles. The molecule has 2 aromatic rings. The van der Waals surface area contributed by atoms with Crippen LogP contribution in [0.25, 0.3) is 10.2 Å². The fourth-order valence-electron chi connectivity index (χ4n) is 5.21. The van der Waals surface area contributed by atoms with Crippen molar-refractivity contribution in [1.29, 1.82) is 0 Å². The van der Waals surface area contributed by atoms with E-state index in [0.29, 0.717) is 13.1 Å². The van der Waals surface area contributed by atoms with Crippen molar-refractivity contribution in [2.45, 2.75) is 63.7 Å². The normalized spacial score (nSPS) is 23.3. The first-order valence-electron chi connectivity index (χ1n) is 11.2. The fraction of sp³-hybridized carbons (Fsp3) is 0.682. The molecule has 0 bridgehead atoms. The lowest BCUT2D eigenvalue weighted by atomic mass is 9.96. The van der Waals surface area contributed by atoms with Gasteiger partial charge in [-0.05, 0) is 70.0 Å². The zero-order valence-corrected chi connectivity index (χ0v) is 17.9. The minimum Gasteiger partial charge on any atom is -0.341 e. The Labute approximate surface area is 175 Å². The fourth-order valence-corrected chi connectivity index (χ4v) is 6.48. The van der Waals surface area contributed by atoms with E-state index in [-0.39, 0.29) is 17.4 Å². The summed E-state index contributed by atoms with van der Waals surface area (Å²) in [4.78, 5) is 40.2. The number of hydrogen-bond acceptors (Lipinski definition) is 5. The van der Waals surface area contributed by atoms with Gasteiger partial charge in [0.15, 0.2) is 0 Å². The number of carbonyl (C=O) groups excluding carboxylic acids is 1. The van der Waals surface area contributed by atoms with E-state index >= 15 is 0 Å². The van der Waals surface area contributed by atoms with Crippen LogP contribution in [0.1, 0.15) is 67.1 Å². The maximum Gasteiger partial charge on any atom is 0.259 e. The second-order valence-corrected chi connectivity index (χ2v) is 9.94. The number of hydrogen-bond donors (Lipinski definition) is 1. The van der Waals surface area contributed by atoms with Gasteiger partial charge in [-0.25, -0.2) is 4.98 Å². The Hall–Kier alpha value is -1.73. The van der Waals surface area contributed by atoms with Gasteiger partial charge in [0.05, 0.1) is 11.9 Å². The Balaban J connectivity index is 1.34. The number of aryl methyl sites for hydroxylation is 2. The van der Waals surface area contributed by atoms with Gasteiger partial charge >= 0.3 is 0 Å². The van der Waals surface area contributed by atoms with E-state index in [1.807, 2.05) is 4.90 Å². The average Bonchev–Trinajstić information content (AvgIpc) is 3.13. The van der Waals surface area contributed by atoms with Gasteiger partial charge in [-0.15, -0.1) is 11.3 Å². The molecule has 29 heavy (non-hydrogen) atoms. The predicted octanol–water partition coefficient (Wildman–Crippen LogP) is 3.06. The molecule has 0 unspecified atom stereocenters. The third-order valence-corrected chi connectivity index (χ3v) is 8.00. The van der Waals surface area contributed by atoms with Crippen molar-refractivity contribution in [3.05, 3.63) is 26.6 Å². The van der Waals surface area contributed by atoms with E-state index in [1.165, 1.54) is 36.1 Å². The lowest BCUT2D eigenvalue weighted by Gasteiger charge is -2.34. The van der Waals surface area contributed by atoms with E-state index in [1.54, 1.807) is 11.3 Å². The molecular weight excluding hydrogens is 384 g/mol. The van der Waals surface area contributed by atoms with Crippen LogP contribution in [-0.4, -0.2) is 58.4 Å². The van der Waals surface area contributed by atoms with Crippen LogP contribution in [-0.2, 0) is 17.6 Å². The summed E-state index contributed by atoms with van der Waals surface area (Å²) in [7, 11) is 0. The number of nitrogens with zero attached hydrogens (tertiary/aromatic N) is 3. The summed E-state index contributed by atoms with van der Waals surface area (Å²) in [5.74, 6) is 1.13. The van der Waals surface area contributed by atoms with E-state index in [0.717, 1.165) is 67.8 Å². The number of amides is 1. The summed E-state index contributed by atoms with van der Waals surface area (Å²) in [6.45, 7) is 4.11. The highest BCUT2D eigenvalue weighted by Gasteiger charge is 2.29. The molecule has 1 N–H and O–H groups in total. The largest absolute Gasteiger partial charge is 0.341 e. The molecule has 6 nitrogen and oxygen atoms in total. The number of likely N-dealkylation sites (tertiary alicyclic amines) is 2. The Kier molecular flexibility index (Phi) is 5.43. The average molecular weight is 415 g/mol. The van der Waals surface area contributed by atoms with Crippen LogP contribution in [0.4, 0.5) is 0 Å². The van der Waals surface area contributed by atoms with E-state index in [4.69, 9.17) is 4.98 Å². The minimum atomic E-state index is 0.0150. The number of rotatable bonds is 3. The molecule has 0 aromatic carbocycles. The molecule has 2 aliphatic heterocycles. The minimum absolute atomic E-state index is 0.0150. The monoisotopic (exact) mass is 414 g/mol. The number of carbonyl (C=O) groups is 1. The van der Waals surface area contributed by atoms with E-state index in [9.17, 15) is 9.59 Å². The Bertz CT molecular complexity index is 960. The number of aromatic nitrogens is 2. The molecule has 0 radical (unpaired) electrons. The molecule has 1 amide bonds. The van der Waals surface area contributed by atoms with Gasteiger partial charge in [-0.1, -0.05) is 6.42 Å². The standard InChI is InChI=1S/C22H30N4O2S/c27-18(14-25-10-4-1-5-11-25)26-12-6-7-15(13-26)20-23-21(28)19-16-8-2-3-9-17(16)29-22(19)24-20/h15H,1-14H2,(H,23,24,28)/t15-/m1/s1. The van der Waals surface area contributed by atoms with Crippen LogP contribution < -0.4 is 5.56 Å². The van der Waals surface area contributed by atoms with Gasteiger partial charge in [0, 0.05) is 23.9 Å². The van der Waals surface area contributed by atoms with Crippen molar-refractivity contribution < 1.29 is 4.79 Å². The van der Waals surface area contributed by atoms with Crippen LogP contribution in [0.3, 0.4) is 0 Å². The Morgan fingerprint density at radius 3 is 2.76 bits per heavy atom. The lowest BCUT2D eigenvalue weighted by molar-refractivity contribution is -0.133. The number of H-pyrrole nitrogens is 1. The topological polar surface area (TPSA) is 69.3 Å². The van der Waals surface area contributed by atoms with Crippen molar-refractivity contribution >= 4 is 27.5 Å². The summed E-state index contributed by atoms with van der Waals surface area (Å²) >= 11 is 1.70. The van der Waals surface area contributed by atoms with Crippen molar-refractivity contribution in [2.24, 2.45) is 0 Å². The van der Waals surface area contributed by atoms with Gasteiger partial charge in [-0.2, -0.15) is 0 Å². The lowest BCUT2D eigenvalue weighted by Crippen LogP contribution is -2.46. The number of fused-ring (bicyclic) bond motifs is 3. The van der Waals surface area contributed by atoms with Crippen LogP contribution >= 0.6 is 11.3 Å². The molecule has 5 rings (SSSR count). The van der Waals surface area contributed by atoms with E-state index < -0.39 is 0 Å². The molecule has 156 valence electrons. The van der Waals surface area contributed by atoms with Crippen molar-refractivity contribution in [2.75, 3.05) is 32.7 Å². The highest BCUT2D eigenvalue weighted by atomic mass is 32.1. The van der Waals surface area contributed by atoms with Crippen LogP contribution in [0, 0.1) is 0 Å². The van der Waals surface area contributed by atoms with Crippen LogP contribution in [0.2, 0.25) is 0 Å². The second kappa shape index (κ2) is 8.19. The molecule has 1 atom stereocenters. The molecule has 2 aromatic heterocycles. The van der Waals surface area contributed by atoms with Gasteiger partial charge in [-0.3, -0.25) is 14.5 Å². The SMILES string of the molecule is O=C(CN1CCCCC1)N1CCC[C@@H](c2nc3sc4c(c3c(=O)[nH]2)CCCC4)C1. The Morgan fingerprint density at radius 2 is 1.90 bits per heavy atom. The third-order valence-electron chi connectivity index (χ3n) is 6.81. The van der Waals surface area contributed by atoms with Crippen LogP contribution in [0.5, 0.6) is 0 Å². The molecule has 3 aliphatic rings. The number of nitrogens with one attached hydrogen (secondary N) is 1. The molecule has 0 saturated carbocycles. The second-order valence-electron chi connectivity index (χ2n) is 8.86. The van der Waals surface area contributed by atoms with E-state index in [2.05, 4.69) is 9.88 Å². The summed E-state index contributed by atoms with van der Waals surface area (Å²) in [6.07, 6.45) is 10.1. The molecule has 1 aliphatic carbocycles. The molecule has 7 heteroatoms. The highest BCUT2D eigenvalue weighted by molar-refractivity contribution is 7.18. The highest BCUT2D eigenvalue weighted by Crippen LogP contribution is 2.34. The maximum absolute atomic E-state index is 12.9. The number of piperidine rings is 2. The molecular formula is C22H30N4O2S. The maximum atomic E-state index is 12.9. The quantitative estimate of drug-likeness (QED) is 0.838. The van der Waals surface area contributed by atoms with Crippen molar-refractivity contribution in [3.63, 3.8) is 0 Å². The Morgan fingerprint density at radius 1 is 1.07 bits per heavy atom. The summed E-state index contributed by atoms with van der Waals surface area (Å²) in [6, 6.07) is 0. The first-order chi connectivity index (χ1) is 14.2. The first kappa shape index (κ1) is 19.2. The number of aromatic amines is 1. The van der Waals surface area contributed by atoms with Gasteiger partial charge in [0.1, 0.15) is 10.7 Å². The van der Waals surface area contributed by atoms with Gasteiger partial charge < -0.3 is 9.88 Å². The van der Waals surface area contributed by atoms with Gasteiger partial charge in [0.2, 0.25) is 5.91 Å². The zero-order valence-electron chi connectivity index (χ0n) is 17.0. The summed E-state index contributed by atoms with van der Waals surface area (Å²) < 4.78 is 0. The molecule has 2 fully saturated rings. The van der Waals surface area contributed by atoms with Crippen molar-refractivity contribution in [1.82, 2.24) is 19.8 Å². The summed E-state index contributed by atoms with van der Waals surface area (Å²) in [5, 5.41) is 0.822. The number of thiophene rings is 1. The van der Waals surface area contributed by atoms with Crippen LogP contribution in [0.15, 0.2) is 4.79 Å². The van der Waals surface area contributed by atoms with Crippen molar-refractivity contribution in [3.8, 4) is 0 Å². The molecule has 2 saturated heterocycles. The summed E-state index contributed by atoms with van der Waals surface area (Å²) in [5.41, 5.74) is 1.25. The smallest absolute Gasteiger partial charge is 0.259 e. The van der Waals surface area contributed by atoms with Gasteiger partial charge in [0.25, 0.3) is 5.56 Å². The third kappa shape index (κ3) is 3.87. The molecule has 0 spiro atoms. The first-order valence-corrected chi connectivity index (χ1v) is 12.1. The zero-order chi connectivity index (χ0) is 19.8.